The minimum absolute atomic E-state index is 0.0194. The third-order valence-electron chi connectivity index (χ3n) is 3.96. The van der Waals surface area contributed by atoms with Gasteiger partial charge in [0.25, 0.3) is 5.69 Å². The molecule has 6 nitrogen and oxygen atoms in total. The number of methoxy groups -OCH3 is 1. The number of rotatable bonds is 6. The smallest absolute Gasteiger partial charge is 0.337 e. The molecular formula is C15H20N2O4. The lowest BCUT2D eigenvalue weighted by molar-refractivity contribution is -0.384. The van der Waals surface area contributed by atoms with Gasteiger partial charge < -0.3 is 10.1 Å². The van der Waals surface area contributed by atoms with Crippen molar-refractivity contribution < 1.29 is 14.5 Å². The van der Waals surface area contributed by atoms with Gasteiger partial charge in [-0.05, 0) is 24.5 Å². The third-order valence-corrected chi connectivity index (χ3v) is 3.96. The van der Waals surface area contributed by atoms with E-state index in [1.807, 2.05) is 0 Å². The van der Waals surface area contributed by atoms with Crippen molar-refractivity contribution in [3.8, 4) is 0 Å². The largest absolute Gasteiger partial charge is 0.465 e. The molecule has 0 saturated heterocycles. The molecule has 6 heteroatoms. The molecule has 0 heterocycles. The Labute approximate surface area is 123 Å². The van der Waals surface area contributed by atoms with Crippen LogP contribution >= 0.6 is 0 Å². The summed E-state index contributed by atoms with van der Waals surface area (Å²) in [4.78, 5) is 22.1. The SMILES string of the molecule is COC(=O)c1ccc([N+](=O)[O-])c(NCCC2CCCC2)c1. The zero-order valence-corrected chi connectivity index (χ0v) is 12.1. The number of hydrogen-bond acceptors (Lipinski definition) is 5. The standard InChI is InChI=1S/C15H20N2O4/c1-21-15(18)12-6-7-14(17(19)20)13(10-12)16-9-8-11-4-2-3-5-11/h6-7,10-11,16H,2-5,8-9H2,1H3. The summed E-state index contributed by atoms with van der Waals surface area (Å²) < 4.78 is 4.64. The number of nitro groups is 1. The van der Waals surface area contributed by atoms with Crippen LogP contribution in [-0.2, 0) is 4.74 Å². The van der Waals surface area contributed by atoms with Gasteiger partial charge in [-0.25, -0.2) is 4.79 Å². The fraction of sp³-hybridized carbons (Fsp3) is 0.533. The number of nitrogens with zero attached hydrogens (tertiary/aromatic N) is 1. The first-order valence-corrected chi connectivity index (χ1v) is 7.22. The minimum atomic E-state index is -0.497. The lowest BCUT2D eigenvalue weighted by Crippen LogP contribution is -2.10. The summed E-state index contributed by atoms with van der Waals surface area (Å²) >= 11 is 0. The summed E-state index contributed by atoms with van der Waals surface area (Å²) in [5.41, 5.74) is 0.668. The molecule has 0 aliphatic heterocycles. The van der Waals surface area contributed by atoms with E-state index in [0.29, 0.717) is 23.7 Å². The van der Waals surface area contributed by atoms with Gasteiger partial charge in [0.1, 0.15) is 5.69 Å². The topological polar surface area (TPSA) is 81.5 Å². The first-order chi connectivity index (χ1) is 10.1. The van der Waals surface area contributed by atoms with Crippen molar-refractivity contribution in [2.75, 3.05) is 19.0 Å². The summed E-state index contributed by atoms with van der Waals surface area (Å²) in [5.74, 6) is 0.212. The third kappa shape index (κ3) is 3.93. The lowest BCUT2D eigenvalue weighted by atomic mass is 10.0. The maximum atomic E-state index is 11.5. The average Bonchev–Trinajstić information content (AvgIpc) is 2.99. The fourth-order valence-corrected chi connectivity index (χ4v) is 2.79. The van der Waals surface area contributed by atoms with Gasteiger partial charge in [-0.15, -0.1) is 0 Å². The minimum Gasteiger partial charge on any atom is -0.465 e. The number of benzene rings is 1. The Bertz CT molecular complexity index is 524. The molecular weight excluding hydrogens is 272 g/mol. The van der Waals surface area contributed by atoms with Gasteiger partial charge in [-0.3, -0.25) is 10.1 Å². The number of hydrogen-bond donors (Lipinski definition) is 1. The zero-order chi connectivity index (χ0) is 15.2. The van der Waals surface area contributed by atoms with Crippen LogP contribution in [0.2, 0.25) is 0 Å². The number of carbonyl (C=O) groups excluding carboxylic acids is 1. The maximum absolute atomic E-state index is 11.5. The van der Waals surface area contributed by atoms with Crippen LogP contribution in [0.4, 0.5) is 11.4 Å². The monoisotopic (exact) mass is 292 g/mol. The second-order valence-corrected chi connectivity index (χ2v) is 5.35. The van der Waals surface area contributed by atoms with Crippen LogP contribution in [0.25, 0.3) is 0 Å². The Morgan fingerprint density at radius 3 is 2.76 bits per heavy atom. The Balaban J connectivity index is 2.06. The molecule has 1 fully saturated rings. The van der Waals surface area contributed by atoms with E-state index < -0.39 is 10.9 Å². The van der Waals surface area contributed by atoms with E-state index >= 15 is 0 Å². The van der Waals surface area contributed by atoms with Gasteiger partial charge >= 0.3 is 5.97 Å². The normalized spacial score (nSPS) is 14.9. The number of ether oxygens (including phenoxy) is 1. The molecule has 0 bridgehead atoms. The van der Waals surface area contributed by atoms with E-state index in [2.05, 4.69) is 10.1 Å². The van der Waals surface area contributed by atoms with Gasteiger partial charge in [0, 0.05) is 12.6 Å². The predicted molar refractivity (Wildman–Crippen MR) is 79.5 cm³/mol. The fourth-order valence-electron chi connectivity index (χ4n) is 2.79. The highest BCUT2D eigenvalue weighted by molar-refractivity contribution is 5.91. The van der Waals surface area contributed by atoms with Crippen LogP contribution in [-0.4, -0.2) is 24.5 Å². The van der Waals surface area contributed by atoms with Crippen LogP contribution in [0.1, 0.15) is 42.5 Å². The number of esters is 1. The van der Waals surface area contributed by atoms with Crippen molar-refractivity contribution >= 4 is 17.3 Å². The summed E-state index contributed by atoms with van der Waals surface area (Å²) in [6, 6.07) is 4.23. The van der Waals surface area contributed by atoms with Crippen molar-refractivity contribution in [1.82, 2.24) is 0 Å². The zero-order valence-electron chi connectivity index (χ0n) is 12.1. The molecule has 114 valence electrons. The van der Waals surface area contributed by atoms with Crippen molar-refractivity contribution in [3.05, 3.63) is 33.9 Å². The first kappa shape index (κ1) is 15.3. The van der Waals surface area contributed by atoms with E-state index in [1.54, 1.807) is 0 Å². The van der Waals surface area contributed by atoms with Crippen molar-refractivity contribution in [2.45, 2.75) is 32.1 Å². The highest BCUT2D eigenvalue weighted by atomic mass is 16.6. The quantitative estimate of drug-likeness (QED) is 0.494. The summed E-state index contributed by atoms with van der Waals surface area (Å²) in [6.07, 6.45) is 6.04. The van der Waals surface area contributed by atoms with Crippen LogP contribution in [0.5, 0.6) is 0 Å². The number of nitrogens with one attached hydrogen (secondary N) is 1. The van der Waals surface area contributed by atoms with Crippen molar-refractivity contribution in [2.24, 2.45) is 5.92 Å². The summed E-state index contributed by atoms with van der Waals surface area (Å²) in [6.45, 7) is 0.677. The van der Waals surface area contributed by atoms with E-state index in [0.717, 1.165) is 6.42 Å². The van der Waals surface area contributed by atoms with Gasteiger partial charge in [0.15, 0.2) is 0 Å². The molecule has 0 spiro atoms. The molecule has 1 aliphatic rings. The van der Waals surface area contributed by atoms with E-state index in [1.165, 1.54) is 51.0 Å². The van der Waals surface area contributed by atoms with Crippen LogP contribution < -0.4 is 5.32 Å². The Morgan fingerprint density at radius 1 is 1.43 bits per heavy atom. The Kier molecular flexibility index (Phi) is 5.14. The molecule has 0 radical (unpaired) electrons. The first-order valence-electron chi connectivity index (χ1n) is 7.22. The van der Waals surface area contributed by atoms with Gasteiger partial charge in [0.05, 0.1) is 17.6 Å². The van der Waals surface area contributed by atoms with Crippen molar-refractivity contribution in [1.29, 1.82) is 0 Å². The van der Waals surface area contributed by atoms with E-state index in [9.17, 15) is 14.9 Å². The number of nitro benzene ring substituents is 1. The Morgan fingerprint density at radius 2 is 2.14 bits per heavy atom. The molecule has 1 N–H and O–H groups in total. The molecule has 0 amide bonds. The van der Waals surface area contributed by atoms with Crippen LogP contribution in [0, 0.1) is 16.0 Å². The highest BCUT2D eigenvalue weighted by Gasteiger charge is 2.18. The molecule has 1 aromatic carbocycles. The molecule has 0 aromatic heterocycles. The maximum Gasteiger partial charge on any atom is 0.337 e. The molecule has 0 atom stereocenters. The Hall–Kier alpha value is -2.11. The lowest BCUT2D eigenvalue weighted by Gasteiger charge is -2.11. The molecule has 0 unspecified atom stereocenters. The highest BCUT2D eigenvalue weighted by Crippen LogP contribution is 2.29. The second kappa shape index (κ2) is 7.06. The molecule has 1 aliphatic carbocycles. The molecule has 21 heavy (non-hydrogen) atoms. The average molecular weight is 292 g/mol. The number of carbonyl (C=O) groups is 1. The van der Waals surface area contributed by atoms with Crippen LogP contribution in [0.15, 0.2) is 18.2 Å². The number of anilines is 1. The van der Waals surface area contributed by atoms with Crippen LogP contribution in [0.3, 0.4) is 0 Å². The van der Waals surface area contributed by atoms with E-state index in [-0.39, 0.29) is 5.69 Å². The van der Waals surface area contributed by atoms with Gasteiger partial charge in [-0.2, -0.15) is 0 Å². The molecule has 2 rings (SSSR count). The molecule has 1 saturated carbocycles. The second-order valence-electron chi connectivity index (χ2n) is 5.35. The summed E-state index contributed by atoms with van der Waals surface area (Å²) in [7, 11) is 1.29. The van der Waals surface area contributed by atoms with Gasteiger partial charge in [-0.1, -0.05) is 25.7 Å². The molecule has 1 aromatic rings. The van der Waals surface area contributed by atoms with Crippen molar-refractivity contribution in [3.63, 3.8) is 0 Å². The summed E-state index contributed by atoms with van der Waals surface area (Å²) in [5, 5.41) is 14.1. The van der Waals surface area contributed by atoms with Gasteiger partial charge in [0.2, 0.25) is 0 Å². The van der Waals surface area contributed by atoms with E-state index in [4.69, 9.17) is 0 Å². The predicted octanol–water partition coefficient (Wildman–Crippen LogP) is 3.37.